The summed E-state index contributed by atoms with van der Waals surface area (Å²) in [5.74, 6) is 0.764. The number of allylic oxidation sites excluding steroid dienone is 2. The number of hydrogen-bond acceptors (Lipinski definition) is 4. The third-order valence-electron chi connectivity index (χ3n) is 6.57. The summed E-state index contributed by atoms with van der Waals surface area (Å²) >= 11 is 0. The van der Waals surface area contributed by atoms with Crippen LogP contribution in [0.4, 0.5) is 5.69 Å². The van der Waals surface area contributed by atoms with E-state index < -0.39 is 0 Å². The predicted molar refractivity (Wildman–Crippen MR) is 141 cm³/mol. The van der Waals surface area contributed by atoms with Crippen LogP contribution >= 0.6 is 0 Å². The van der Waals surface area contributed by atoms with Crippen molar-refractivity contribution in [1.82, 2.24) is 0 Å². The Balaban J connectivity index is 1.56. The zero-order valence-electron chi connectivity index (χ0n) is 19.6. The van der Waals surface area contributed by atoms with Gasteiger partial charge in [0, 0.05) is 12.8 Å². The van der Waals surface area contributed by atoms with Crippen LogP contribution < -0.4 is 4.74 Å². The molecule has 1 aliphatic rings. The largest absolute Gasteiger partial charge is 0.511 e. The summed E-state index contributed by atoms with van der Waals surface area (Å²) in [5, 5.41) is 13.5. The maximum Gasteiger partial charge on any atom is 0.168 e. The number of fused-ring (bicyclic) bond motifs is 1. The highest BCUT2D eigenvalue weighted by molar-refractivity contribution is 6.25. The van der Waals surface area contributed by atoms with Crippen LogP contribution in [0.2, 0.25) is 0 Å². The van der Waals surface area contributed by atoms with Crippen molar-refractivity contribution < 1.29 is 14.6 Å². The maximum atomic E-state index is 13.5. The van der Waals surface area contributed by atoms with Gasteiger partial charge in [-0.2, -0.15) is 0 Å². The lowest BCUT2D eigenvalue weighted by atomic mass is 9.78. The number of rotatable bonds is 5. The third-order valence-corrected chi connectivity index (χ3v) is 6.57. The Morgan fingerprint density at radius 1 is 0.886 bits per heavy atom. The van der Waals surface area contributed by atoms with Crippen molar-refractivity contribution in [2.45, 2.75) is 25.2 Å². The molecule has 35 heavy (non-hydrogen) atoms. The molecule has 1 saturated carbocycles. The van der Waals surface area contributed by atoms with Gasteiger partial charge in [-0.3, -0.25) is 9.79 Å². The molecule has 1 aliphatic carbocycles. The van der Waals surface area contributed by atoms with Gasteiger partial charge in [0.1, 0.15) is 11.5 Å². The first-order valence-electron chi connectivity index (χ1n) is 11.8. The SMILES string of the molecule is COc1ccc(N=C2CC(c3ccccc3)CC(=O)/C2=C(/O)Cc2cccc3ccccc23)cc1. The summed E-state index contributed by atoms with van der Waals surface area (Å²) in [6.45, 7) is 0. The van der Waals surface area contributed by atoms with Crippen LogP contribution in [0.3, 0.4) is 0 Å². The Labute approximate surface area is 205 Å². The number of hydrogen-bond donors (Lipinski definition) is 1. The lowest BCUT2D eigenvalue weighted by molar-refractivity contribution is -0.115. The molecule has 4 nitrogen and oxygen atoms in total. The van der Waals surface area contributed by atoms with Crippen molar-refractivity contribution in [3.63, 3.8) is 0 Å². The van der Waals surface area contributed by atoms with Gasteiger partial charge in [-0.15, -0.1) is 0 Å². The number of aliphatic imine (C=N–C) groups is 1. The van der Waals surface area contributed by atoms with Crippen molar-refractivity contribution in [3.05, 3.63) is 120 Å². The van der Waals surface area contributed by atoms with Gasteiger partial charge in [-0.25, -0.2) is 0 Å². The summed E-state index contributed by atoms with van der Waals surface area (Å²) in [6.07, 6.45) is 1.21. The molecule has 5 rings (SSSR count). The molecule has 0 radical (unpaired) electrons. The van der Waals surface area contributed by atoms with Gasteiger partial charge in [0.05, 0.1) is 24.1 Å². The topological polar surface area (TPSA) is 58.9 Å². The summed E-state index contributed by atoms with van der Waals surface area (Å²) in [7, 11) is 1.62. The fourth-order valence-corrected chi connectivity index (χ4v) is 4.81. The quantitative estimate of drug-likeness (QED) is 0.254. The minimum atomic E-state index is -0.0740. The van der Waals surface area contributed by atoms with Crippen LogP contribution in [-0.2, 0) is 11.2 Å². The minimum absolute atomic E-state index is 0.0230. The van der Waals surface area contributed by atoms with Crippen molar-refractivity contribution in [2.24, 2.45) is 4.99 Å². The minimum Gasteiger partial charge on any atom is -0.511 e. The average molecular weight is 462 g/mol. The molecule has 4 aromatic rings. The number of Topliss-reactive ketones (excluding diaryl/α,β-unsaturated/α-hetero) is 1. The van der Waals surface area contributed by atoms with E-state index in [9.17, 15) is 9.90 Å². The van der Waals surface area contributed by atoms with Crippen molar-refractivity contribution in [1.29, 1.82) is 0 Å². The molecule has 0 aliphatic heterocycles. The smallest absolute Gasteiger partial charge is 0.168 e. The maximum absolute atomic E-state index is 13.5. The number of carbonyl (C=O) groups excluding carboxylic acids is 1. The molecule has 1 atom stereocenters. The predicted octanol–water partition coefficient (Wildman–Crippen LogP) is 7.12. The second kappa shape index (κ2) is 9.98. The van der Waals surface area contributed by atoms with Crippen LogP contribution in [0.15, 0.2) is 113 Å². The van der Waals surface area contributed by atoms with E-state index in [4.69, 9.17) is 9.73 Å². The van der Waals surface area contributed by atoms with Gasteiger partial charge in [0.15, 0.2) is 5.78 Å². The number of ether oxygens (including phenoxy) is 1. The highest BCUT2D eigenvalue weighted by Gasteiger charge is 2.32. The zero-order chi connectivity index (χ0) is 24.2. The van der Waals surface area contributed by atoms with Gasteiger partial charge in [-0.1, -0.05) is 72.8 Å². The van der Waals surface area contributed by atoms with Crippen LogP contribution in [0.1, 0.15) is 29.9 Å². The Bertz CT molecular complexity index is 1410. The molecule has 174 valence electrons. The molecule has 1 fully saturated rings. The van der Waals surface area contributed by atoms with Gasteiger partial charge in [0.25, 0.3) is 0 Å². The standard InChI is InChI=1S/C31H27NO3/c1-35-26-16-14-25(15-17-26)32-28-18-24(21-8-3-2-4-9-21)20-30(34)31(28)29(33)19-23-12-7-11-22-10-5-6-13-27(22)23/h2-17,24,33H,18-20H2,1H3/b31-29+,32-28?. The number of carbonyl (C=O) groups is 1. The second-order valence-electron chi connectivity index (χ2n) is 8.83. The Kier molecular flexibility index (Phi) is 6.44. The monoisotopic (exact) mass is 461 g/mol. The average Bonchev–Trinajstić information content (AvgIpc) is 2.89. The van der Waals surface area contributed by atoms with E-state index in [-0.39, 0.29) is 23.9 Å². The van der Waals surface area contributed by atoms with E-state index in [1.807, 2.05) is 84.9 Å². The molecule has 1 unspecified atom stereocenters. The molecule has 1 N–H and O–H groups in total. The second-order valence-corrected chi connectivity index (χ2v) is 8.83. The van der Waals surface area contributed by atoms with E-state index >= 15 is 0 Å². The summed E-state index contributed by atoms with van der Waals surface area (Å²) in [4.78, 5) is 18.3. The van der Waals surface area contributed by atoms with Crippen molar-refractivity contribution in [3.8, 4) is 5.75 Å². The van der Waals surface area contributed by atoms with E-state index in [1.165, 1.54) is 0 Å². The molecule has 0 bridgehead atoms. The van der Waals surface area contributed by atoms with E-state index in [0.29, 0.717) is 24.1 Å². The fraction of sp³-hybridized carbons (Fsp3) is 0.161. The van der Waals surface area contributed by atoms with Gasteiger partial charge in [0.2, 0.25) is 0 Å². The molecule has 0 aromatic heterocycles. The van der Waals surface area contributed by atoms with Crippen LogP contribution in [0.5, 0.6) is 5.75 Å². The summed E-state index contributed by atoms with van der Waals surface area (Å²) < 4.78 is 5.26. The zero-order valence-corrected chi connectivity index (χ0v) is 19.6. The van der Waals surface area contributed by atoms with Crippen LogP contribution in [-0.4, -0.2) is 23.7 Å². The normalized spacial score (nSPS) is 18.6. The highest BCUT2D eigenvalue weighted by atomic mass is 16.5. The Morgan fingerprint density at radius 3 is 2.37 bits per heavy atom. The fourth-order valence-electron chi connectivity index (χ4n) is 4.81. The number of ketones is 1. The lowest BCUT2D eigenvalue weighted by Gasteiger charge is -2.26. The van der Waals surface area contributed by atoms with E-state index in [0.717, 1.165) is 33.3 Å². The van der Waals surface area contributed by atoms with E-state index in [2.05, 4.69) is 12.1 Å². The van der Waals surface area contributed by atoms with Crippen LogP contribution in [0, 0.1) is 0 Å². The molecule has 0 saturated heterocycles. The van der Waals surface area contributed by atoms with Gasteiger partial charge < -0.3 is 9.84 Å². The van der Waals surface area contributed by atoms with E-state index in [1.54, 1.807) is 7.11 Å². The third kappa shape index (κ3) is 4.87. The Hall–Kier alpha value is -4.18. The number of aliphatic hydroxyl groups is 1. The molecular formula is C31H27NO3. The number of benzene rings is 4. The summed E-state index contributed by atoms with van der Waals surface area (Å²) in [6, 6.07) is 31.6. The highest BCUT2D eigenvalue weighted by Crippen LogP contribution is 2.35. The lowest BCUT2D eigenvalue weighted by Crippen LogP contribution is -2.27. The van der Waals surface area contributed by atoms with Gasteiger partial charge >= 0.3 is 0 Å². The molecule has 4 aromatic carbocycles. The van der Waals surface area contributed by atoms with Gasteiger partial charge in [-0.05, 0) is 58.5 Å². The number of methoxy groups -OCH3 is 1. The first-order valence-corrected chi connectivity index (χ1v) is 11.8. The molecule has 0 heterocycles. The van der Waals surface area contributed by atoms with Crippen molar-refractivity contribution >= 4 is 28.0 Å². The molecular weight excluding hydrogens is 434 g/mol. The molecule has 0 spiro atoms. The summed E-state index contributed by atoms with van der Waals surface area (Å²) in [5.41, 5.74) is 3.78. The molecule has 0 amide bonds. The first-order chi connectivity index (χ1) is 17.1. The number of aliphatic hydroxyl groups excluding tert-OH is 1. The number of nitrogens with zero attached hydrogens (tertiary/aromatic N) is 1. The Morgan fingerprint density at radius 2 is 1.60 bits per heavy atom. The molecule has 4 heteroatoms. The first kappa shape index (κ1) is 22.6. The van der Waals surface area contributed by atoms with Crippen LogP contribution in [0.25, 0.3) is 10.8 Å². The van der Waals surface area contributed by atoms with Crippen molar-refractivity contribution in [2.75, 3.05) is 7.11 Å².